The van der Waals surface area contributed by atoms with Crippen LogP contribution in [0.1, 0.15) is 38.7 Å². The molecule has 1 amide bonds. The fourth-order valence-corrected chi connectivity index (χ4v) is 5.68. The van der Waals surface area contributed by atoms with Crippen molar-refractivity contribution in [2.75, 3.05) is 6.54 Å². The molecule has 0 aromatic heterocycles. The Hall–Kier alpha value is -1.82. The Morgan fingerprint density at radius 1 is 1.36 bits per heavy atom. The molecule has 0 N–H and O–H groups in total. The molecule has 0 unspecified atom stereocenters. The lowest BCUT2D eigenvalue weighted by Crippen LogP contribution is -2.55. The van der Waals surface area contributed by atoms with Gasteiger partial charge in [0.15, 0.2) is 0 Å². The summed E-state index contributed by atoms with van der Waals surface area (Å²) < 4.78 is 0. The number of carbonyl (C=O) groups is 1. The number of likely N-dealkylation sites (tertiary alicyclic amines) is 1. The van der Waals surface area contributed by atoms with Crippen molar-refractivity contribution in [1.82, 2.24) is 4.90 Å². The van der Waals surface area contributed by atoms with Crippen LogP contribution in [-0.2, 0) is 11.2 Å². The molecule has 2 saturated carbocycles. The molecule has 4 rings (SSSR count). The molecule has 3 fully saturated rings. The molecule has 1 aliphatic heterocycles. The maximum atomic E-state index is 12.9. The Morgan fingerprint density at radius 2 is 2.09 bits per heavy atom. The first-order valence-corrected chi connectivity index (χ1v) is 8.22. The summed E-state index contributed by atoms with van der Waals surface area (Å²) in [6.45, 7) is 5.31. The Morgan fingerprint density at radius 3 is 2.73 bits per heavy atom. The Labute approximate surface area is 131 Å². The van der Waals surface area contributed by atoms with Crippen LogP contribution in [0.15, 0.2) is 30.3 Å². The normalized spacial score (nSPS) is 41.7. The number of rotatable bonds is 2. The van der Waals surface area contributed by atoms with Crippen LogP contribution in [0.2, 0.25) is 0 Å². The lowest BCUT2D eigenvalue weighted by atomic mass is 9.66. The molecule has 114 valence electrons. The van der Waals surface area contributed by atoms with Gasteiger partial charge in [-0.2, -0.15) is 5.26 Å². The molecule has 1 aromatic carbocycles. The van der Waals surface area contributed by atoms with Crippen molar-refractivity contribution in [3.63, 3.8) is 0 Å². The third-order valence-electron chi connectivity index (χ3n) is 7.24. The molecule has 3 heteroatoms. The maximum Gasteiger partial charge on any atom is 0.228 e. The van der Waals surface area contributed by atoms with E-state index >= 15 is 0 Å². The summed E-state index contributed by atoms with van der Waals surface area (Å²) in [6, 6.07) is 12.4. The summed E-state index contributed by atoms with van der Waals surface area (Å²) in [4.78, 5) is 14.8. The van der Waals surface area contributed by atoms with E-state index in [1.165, 1.54) is 6.42 Å². The second-order valence-corrected chi connectivity index (χ2v) is 7.80. The predicted molar refractivity (Wildman–Crippen MR) is 83.8 cm³/mol. The van der Waals surface area contributed by atoms with Gasteiger partial charge in [0, 0.05) is 12.0 Å². The summed E-state index contributed by atoms with van der Waals surface area (Å²) in [5.74, 6) is 0.723. The summed E-state index contributed by atoms with van der Waals surface area (Å²) in [5, 5.41) is 9.99. The third-order valence-corrected chi connectivity index (χ3v) is 7.24. The van der Waals surface area contributed by atoms with Crippen molar-refractivity contribution < 1.29 is 4.79 Å². The smallest absolute Gasteiger partial charge is 0.228 e. The molecule has 4 atom stereocenters. The maximum absolute atomic E-state index is 12.9. The first-order valence-electron chi connectivity index (χ1n) is 8.22. The molecule has 1 heterocycles. The third kappa shape index (κ3) is 1.34. The molecule has 1 saturated heterocycles. The molecule has 3 nitrogen and oxygen atoms in total. The van der Waals surface area contributed by atoms with E-state index in [9.17, 15) is 10.1 Å². The van der Waals surface area contributed by atoms with Crippen LogP contribution in [0.4, 0.5) is 0 Å². The molecular weight excluding hydrogens is 272 g/mol. The Bertz CT molecular complexity index is 678. The summed E-state index contributed by atoms with van der Waals surface area (Å²) in [7, 11) is 0. The molecule has 4 bridgehead atoms. The van der Waals surface area contributed by atoms with E-state index in [1.807, 2.05) is 35.2 Å². The van der Waals surface area contributed by atoms with Gasteiger partial charge in [-0.3, -0.25) is 4.79 Å². The zero-order chi connectivity index (χ0) is 15.6. The fourth-order valence-electron chi connectivity index (χ4n) is 5.68. The largest absolute Gasteiger partial charge is 0.323 e. The number of nitrogens with zero attached hydrogens (tertiary/aromatic N) is 2. The van der Waals surface area contributed by atoms with E-state index in [2.05, 4.69) is 19.9 Å². The number of hydrogen-bond donors (Lipinski definition) is 0. The highest BCUT2D eigenvalue weighted by Crippen LogP contribution is 2.75. The van der Waals surface area contributed by atoms with Gasteiger partial charge in [-0.05, 0) is 36.2 Å². The van der Waals surface area contributed by atoms with Gasteiger partial charge in [-0.15, -0.1) is 0 Å². The van der Waals surface area contributed by atoms with Gasteiger partial charge in [0.05, 0.1) is 12.5 Å². The minimum Gasteiger partial charge on any atom is -0.323 e. The van der Waals surface area contributed by atoms with Crippen molar-refractivity contribution in [3.8, 4) is 6.07 Å². The SMILES string of the molecule is C[C@@]12CC[C@H]3C[C@@]1(C#N)N(C(=O)Cc1ccccc1)C[C@@]32C. The van der Waals surface area contributed by atoms with Crippen LogP contribution in [0.5, 0.6) is 0 Å². The van der Waals surface area contributed by atoms with E-state index in [-0.39, 0.29) is 16.7 Å². The van der Waals surface area contributed by atoms with Crippen LogP contribution >= 0.6 is 0 Å². The quantitative estimate of drug-likeness (QED) is 0.841. The molecule has 0 radical (unpaired) electrons. The van der Waals surface area contributed by atoms with Crippen LogP contribution in [0.25, 0.3) is 0 Å². The molecule has 22 heavy (non-hydrogen) atoms. The highest BCUT2D eigenvalue weighted by atomic mass is 16.2. The van der Waals surface area contributed by atoms with Crippen molar-refractivity contribution in [2.24, 2.45) is 16.7 Å². The van der Waals surface area contributed by atoms with Gasteiger partial charge in [0.25, 0.3) is 0 Å². The topological polar surface area (TPSA) is 44.1 Å². The number of carbonyl (C=O) groups excluding carboxylic acids is 1. The monoisotopic (exact) mass is 294 g/mol. The lowest BCUT2D eigenvalue weighted by molar-refractivity contribution is -0.136. The van der Waals surface area contributed by atoms with Crippen molar-refractivity contribution in [1.29, 1.82) is 5.26 Å². The van der Waals surface area contributed by atoms with Gasteiger partial charge in [-0.25, -0.2) is 0 Å². The molecule has 3 aliphatic rings. The minimum absolute atomic E-state index is 0.0359. The van der Waals surface area contributed by atoms with Gasteiger partial charge in [0.2, 0.25) is 5.91 Å². The number of piperidine rings is 1. The van der Waals surface area contributed by atoms with Crippen LogP contribution in [-0.4, -0.2) is 22.9 Å². The van der Waals surface area contributed by atoms with Crippen molar-refractivity contribution >= 4 is 5.91 Å². The van der Waals surface area contributed by atoms with Crippen LogP contribution in [0, 0.1) is 28.1 Å². The van der Waals surface area contributed by atoms with Gasteiger partial charge in [0.1, 0.15) is 5.54 Å². The van der Waals surface area contributed by atoms with Crippen LogP contribution in [0.3, 0.4) is 0 Å². The molecule has 1 aromatic rings. The first-order chi connectivity index (χ1) is 10.5. The fraction of sp³-hybridized carbons (Fsp3) is 0.579. The predicted octanol–water partition coefficient (Wildman–Crippen LogP) is 3.16. The zero-order valence-corrected chi connectivity index (χ0v) is 13.3. The number of amides is 1. The second kappa shape index (κ2) is 4.13. The Kier molecular flexibility index (Phi) is 2.59. The molecule has 0 spiro atoms. The highest BCUT2D eigenvalue weighted by Gasteiger charge is 2.78. The number of nitriles is 1. The average Bonchev–Trinajstić information content (AvgIpc) is 2.97. The van der Waals surface area contributed by atoms with Crippen molar-refractivity contribution in [3.05, 3.63) is 35.9 Å². The summed E-state index contributed by atoms with van der Waals surface area (Å²) >= 11 is 0. The second-order valence-electron chi connectivity index (χ2n) is 7.80. The average molecular weight is 294 g/mol. The summed E-state index contributed by atoms with van der Waals surface area (Å²) in [5.41, 5.74) is 0.543. The van der Waals surface area contributed by atoms with Crippen LogP contribution < -0.4 is 0 Å². The standard InChI is InChI=1S/C19H22N2O/c1-17-13-21(16(22)10-14-6-4-3-5-7-14)19(12-20)11-15(17)8-9-18(17,19)2/h3-7,15H,8-11,13H2,1-2H3/t15-,17-,18-,19-/m0/s1. The zero-order valence-electron chi connectivity index (χ0n) is 13.3. The van der Waals surface area contributed by atoms with E-state index in [0.717, 1.165) is 24.9 Å². The molecule has 2 aliphatic carbocycles. The van der Waals surface area contributed by atoms with Gasteiger partial charge < -0.3 is 4.90 Å². The first kappa shape index (κ1) is 13.8. The van der Waals surface area contributed by atoms with E-state index in [1.54, 1.807) is 0 Å². The highest BCUT2D eigenvalue weighted by molar-refractivity contribution is 5.81. The van der Waals surface area contributed by atoms with E-state index < -0.39 is 5.54 Å². The lowest BCUT2D eigenvalue weighted by Gasteiger charge is -2.43. The van der Waals surface area contributed by atoms with E-state index in [4.69, 9.17) is 0 Å². The summed E-state index contributed by atoms with van der Waals surface area (Å²) in [6.07, 6.45) is 3.58. The molecular formula is C19H22N2O. The van der Waals surface area contributed by atoms with Gasteiger partial charge >= 0.3 is 0 Å². The van der Waals surface area contributed by atoms with Crippen molar-refractivity contribution in [2.45, 2.75) is 45.1 Å². The Balaban J connectivity index is 1.68. The van der Waals surface area contributed by atoms with Gasteiger partial charge in [-0.1, -0.05) is 44.2 Å². The number of benzene rings is 1. The number of hydrogen-bond acceptors (Lipinski definition) is 2. The minimum atomic E-state index is -0.573. The van der Waals surface area contributed by atoms with E-state index in [0.29, 0.717) is 12.3 Å².